The number of carbonyl (C=O) groups is 2. The largest absolute Gasteiger partial charge is 0.467 e. The van der Waals surface area contributed by atoms with Crippen molar-refractivity contribution < 1.29 is 19.2 Å². The smallest absolute Gasteiger partial charge is 0.345 e. The van der Waals surface area contributed by atoms with Gasteiger partial charge in [-0.3, -0.25) is 9.52 Å². The van der Waals surface area contributed by atoms with Gasteiger partial charge < -0.3 is 9.64 Å². The summed E-state index contributed by atoms with van der Waals surface area (Å²) in [6, 6.07) is 17.9. The Morgan fingerprint density at radius 1 is 1.12 bits per heavy atom. The normalized spacial score (nSPS) is 20.2. The lowest BCUT2D eigenvalue weighted by molar-refractivity contribution is -0.146. The molecule has 3 atom stereocenters. The van der Waals surface area contributed by atoms with Crippen LogP contribution in [0.2, 0.25) is 0 Å². The van der Waals surface area contributed by atoms with Crippen molar-refractivity contribution in [3.8, 4) is 0 Å². The van der Waals surface area contributed by atoms with Crippen molar-refractivity contribution in [1.29, 1.82) is 0 Å². The molecule has 2 aromatic carbocycles. The van der Waals surface area contributed by atoms with E-state index in [0.29, 0.717) is 12.2 Å². The van der Waals surface area contributed by atoms with E-state index in [1.165, 1.54) is 17.1 Å². The summed E-state index contributed by atoms with van der Waals surface area (Å²) in [5.41, 5.74) is 3.48. The highest BCUT2D eigenvalue weighted by Gasteiger charge is 2.53. The maximum Gasteiger partial charge on any atom is 0.345 e. The van der Waals surface area contributed by atoms with Gasteiger partial charge in [-0.05, 0) is 18.1 Å². The Labute approximate surface area is 185 Å². The quantitative estimate of drug-likeness (QED) is 0.556. The lowest BCUT2D eigenvalue weighted by atomic mass is 9.97. The first-order valence-electron chi connectivity index (χ1n) is 10.6. The summed E-state index contributed by atoms with van der Waals surface area (Å²) in [5.74, 6) is -0.495. The molecule has 32 heavy (non-hydrogen) atoms. The van der Waals surface area contributed by atoms with E-state index in [0.717, 1.165) is 16.7 Å². The van der Waals surface area contributed by atoms with Gasteiger partial charge >= 0.3 is 12.0 Å². The third kappa shape index (κ3) is 3.23. The molecule has 0 spiro atoms. The molecule has 2 aliphatic heterocycles. The molecule has 5 rings (SSSR count). The maximum atomic E-state index is 13.2. The monoisotopic (exact) mass is 432 g/mol. The summed E-state index contributed by atoms with van der Waals surface area (Å²) in [6.07, 6.45) is 1.74. The van der Waals surface area contributed by atoms with E-state index in [2.05, 4.69) is 5.10 Å². The number of aromatic nitrogens is 2. The molecular formula is C24H24N4O4. The van der Waals surface area contributed by atoms with E-state index < -0.39 is 12.0 Å². The number of carbonyl (C=O) groups excluding carboxylic acids is 2. The van der Waals surface area contributed by atoms with Crippen molar-refractivity contribution in [1.82, 2.24) is 19.7 Å². The number of urea groups is 1. The number of ether oxygens (including phenoxy) is 1. The third-order valence-electron chi connectivity index (χ3n) is 6.17. The molecule has 3 aromatic rings. The zero-order valence-corrected chi connectivity index (χ0v) is 17.9. The first-order chi connectivity index (χ1) is 15.6. The standard InChI is InChI=1S/C24H24N4O4/c1-16(18-11-7-4-8-12-18)27-21-19(13-25-27)20-14-26(22(21)23(29)31-2)24(30)28(20)32-15-17-9-5-3-6-10-17/h3-13,16,20,22H,14-15H2,1-2H3. The van der Waals surface area contributed by atoms with Gasteiger partial charge in [-0.1, -0.05) is 60.7 Å². The van der Waals surface area contributed by atoms with Crippen LogP contribution in [0.3, 0.4) is 0 Å². The van der Waals surface area contributed by atoms with Crippen LogP contribution < -0.4 is 0 Å². The van der Waals surface area contributed by atoms with Gasteiger partial charge in [0.2, 0.25) is 0 Å². The lowest BCUT2D eigenvalue weighted by Crippen LogP contribution is -2.40. The highest BCUT2D eigenvalue weighted by atomic mass is 16.7. The highest BCUT2D eigenvalue weighted by molar-refractivity contribution is 5.87. The fourth-order valence-electron chi connectivity index (χ4n) is 4.51. The Hall–Kier alpha value is -3.65. The van der Waals surface area contributed by atoms with Crippen molar-refractivity contribution in [3.05, 3.63) is 89.2 Å². The fourth-order valence-corrected chi connectivity index (χ4v) is 4.51. The van der Waals surface area contributed by atoms with Crippen LogP contribution in [-0.2, 0) is 21.0 Å². The Bertz CT molecular complexity index is 1130. The van der Waals surface area contributed by atoms with Crippen LogP contribution >= 0.6 is 0 Å². The van der Waals surface area contributed by atoms with Crippen LogP contribution in [0.15, 0.2) is 66.9 Å². The Balaban J connectivity index is 1.52. The van der Waals surface area contributed by atoms with Gasteiger partial charge in [0, 0.05) is 5.56 Å². The summed E-state index contributed by atoms with van der Waals surface area (Å²) in [4.78, 5) is 33.5. The Kier molecular flexibility index (Phi) is 5.14. The van der Waals surface area contributed by atoms with Gasteiger partial charge in [0.15, 0.2) is 6.04 Å². The number of rotatable bonds is 6. The average molecular weight is 432 g/mol. The molecule has 2 bridgehead atoms. The molecule has 3 unspecified atom stereocenters. The first kappa shape index (κ1) is 20.3. The van der Waals surface area contributed by atoms with Crippen LogP contribution in [-0.4, -0.2) is 45.4 Å². The second-order valence-electron chi connectivity index (χ2n) is 7.98. The van der Waals surface area contributed by atoms with E-state index in [1.54, 1.807) is 6.20 Å². The number of methoxy groups -OCH3 is 1. The topological polar surface area (TPSA) is 76.9 Å². The molecule has 3 heterocycles. The molecule has 8 heteroatoms. The molecular weight excluding hydrogens is 408 g/mol. The molecule has 0 aliphatic carbocycles. The van der Waals surface area contributed by atoms with Crippen LogP contribution in [0, 0.1) is 0 Å². The molecule has 1 aromatic heterocycles. The molecule has 2 aliphatic rings. The number of benzene rings is 2. The second kappa shape index (κ2) is 8.12. The van der Waals surface area contributed by atoms with Crippen molar-refractivity contribution in [2.45, 2.75) is 31.7 Å². The third-order valence-corrected chi connectivity index (χ3v) is 6.17. The van der Waals surface area contributed by atoms with Gasteiger partial charge in [-0.25, -0.2) is 9.59 Å². The van der Waals surface area contributed by atoms with Crippen molar-refractivity contribution >= 4 is 12.0 Å². The average Bonchev–Trinajstić information content (AvgIpc) is 3.39. The second-order valence-corrected chi connectivity index (χ2v) is 7.98. The Morgan fingerprint density at radius 2 is 1.81 bits per heavy atom. The van der Waals surface area contributed by atoms with Gasteiger partial charge in [-0.15, -0.1) is 0 Å². The minimum Gasteiger partial charge on any atom is -0.467 e. The first-order valence-corrected chi connectivity index (χ1v) is 10.6. The number of fused-ring (bicyclic) bond motifs is 4. The van der Waals surface area contributed by atoms with E-state index in [-0.39, 0.29) is 24.7 Å². The van der Waals surface area contributed by atoms with Crippen LogP contribution in [0.25, 0.3) is 0 Å². The number of hydroxylamine groups is 2. The molecule has 0 saturated carbocycles. The molecule has 0 radical (unpaired) electrons. The predicted octanol–water partition coefficient (Wildman–Crippen LogP) is 3.63. The van der Waals surface area contributed by atoms with Gasteiger partial charge in [0.25, 0.3) is 0 Å². The van der Waals surface area contributed by atoms with E-state index >= 15 is 0 Å². The summed E-state index contributed by atoms with van der Waals surface area (Å²) >= 11 is 0. The number of hydrogen-bond donors (Lipinski definition) is 0. The van der Waals surface area contributed by atoms with Crippen molar-refractivity contribution in [2.24, 2.45) is 0 Å². The number of hydrogen-bond acceptors (Lipinski definition) is 5. The lowest BCUT2D eigenvalue weighted by Gasteiger charge is -2.30. The molecule has 1 fully saturated rings. The zero-order chi connectivity index (χ0) is 22.2. The summed E-state index contributed by atoms with van der Waals surface area (Å²) < 4.78 is 6.91. The van der Waals surface area contributed by atoms with Crippen LogP contribution in [0.4, 0.5) is 4.79 Å². The minimum atomic E-state index is -0.877. The maximum absolute atomic E-state index is 13.2. The molecule has 2 amide bonds. The van der Waals surface area contributed by atoms with E-state index in [1.807, 2.05) is 72.3 Å². The van der Waals surface area contributed by atoms with E-state index in [4.69, 9.17) is 9.57 Å². The Morgan fingerprint density at radius 3 is 2.50 bits per heavy atom. The van der Waals surface area contributed by atoms with Crippen LogP contribution in [0.5, 0.6) is 0 Å². The predicted molar refractivity (Wildman–Crippen MR) is 115 cm³/mol. The molecule has 0 N–H and O–H groups in total. The zero-order valence-electron chi connectivity index (χ0n) is 17.9. The molecule has 164 valence electrons. The SMILES string of the molecule is COC(=O)C1c2c(cnn2C(C)c2ccccc2)C2CN1C(=O)N2OCc1ccccc1. The molecule has 1 saturated heterocycles. The number of esters is 1. The van der Waals surface area contributed by atoms with Gasteiger partial charge in [0.1, 0.15) is 12.6 Å². The summed E-state index contributed by atoms with van der Waals surface area (Å²) in [5, 5.41) is 6.00. The van der Waals surface area contributed by atoms with Crippen molar-refractivity contribution in [3.63, 3.8) is 0 Å². The highest BCUT2D eigenvalue weighted by Crippen LogP contribution is 2.45. The number of amides is 2. The van der Waals surface area contributed by atoms with Gasteiger partial charge in [0.05, 0.1) is 31.6 Å². The van der Waals surface area contributed by atoms with E-state index in [9.17, 15) is 9.59 Å². The van der Waals surface area contributed by atoms with Crippen LogP contribution in [0.1, 0.15) is 47.4 Å². The number of nitrogens with zero attached hydrogens (tertiary/aromatic N) is 4. The van der Waals surface area contributed by atoms with Crippen molar-refractivity contribution in [2.75, 3.05) is 13.7 Å². The minimum absolute atomic E-state index is 0.125. The van der Waals surface area contributed by atoms with Gasteiger partial charge in [-0.2, -0.15) is 10.2 Å². The fraction of sp³-hybridized carbons (Fsp3) is 0.292. The summed E-state index contributed by atoms with van der Waals surface area (Å²) in [6.45, 7) is 2.61. The summed E-state index contributed by atoms with van der Waals surface area (Å²) in [7, 11) is 1.33. The molecule has 8 nitrogen and oxygen atoms in total.